The summed E-state index contributed by atoms with van der Waals surface area (Å²) in [6.45, 7) is 3.72. The van der Waals surface area contributed by atoms with Crippen molar-refractivity contribution in [3.63, 3.8) is 0 Å². The van der Waals surface area contributed by atoms with E-state index in [9.17, 15) is 22.9 Å². The second kappa shape index (κ2) is 7.32. The van der Waals surface area contributed by atoms with Gasteiger partial charge in [0.15, 0.2) is 4.90 Å². The average Bonchev–Trinajstić information content (AvgIpc) is 2.37. The molecule has 0 aromatic heterocycles. The predicted molar refractivity (Wildman–Crippen MR) is 83.0 cm³/mol. The quantitative estimate of drug-likeness (QED) is 0.618. The SMILES string of the molecule is CN(CC(C)(C)CN)S(=O)(=O)c1c(F)cccc1[N+](=O)[O-].Cl. The molecule has 22 heavy (non-hydrogen) atoms. The van der Waals surface area contributed by atoms with Gasteiger partial charge in [0.05, 0.1) is 4.92 Å². The van der Waals surface area contributed by atoms with Gasteiger partial charge in [0.25, 0.3) is 15.7 Å². The van der Waals surface area contributed by atoms with Crippen molar-refractivity contribution in [1.29, 1.82) is 0 Å². The van der Waals surface area contributed by atoms with Crippen LogP contribution in [0.1, 0.15) is 13.8 Å². The molecule has 0 saturated heterocycles. The Balaban J connectivity index is 0.00000441. The highest BCUT2D eigenvalue weighted by Gasteiger charge is 2.35. The first-order valence-electron chi connectivity index (χ1n) is 6.12. The van der Waals surface area contributed by atoms with Gasteiger partial charge in [-0.25, -0.2) is 17.1 Å². The Morgan fingerprint density at radius 3 is 2.41 bits per heavy atom. The van der Waals surface area contributed by atoms with Gasteiger partial charge in [-0.1, -0.05) is 19.9 Å². The van der Waals surface area contributed by atoms with Gasteiger partial charge in [0.1, 0.15) is 5.82 Å². The van der Waals surface area contributed by atoms with Crippen molar-refractivity contribution in [2.24, 2.45) is 11.1 Å². The van der Waals surface area contributed by atoms with Crippen LogP contribution in [0.4, 0.5) is 10.1 Å². The van der Waals surface area contributed by atoms with Gasteiger partial charge in [0, 0.05) is 19.7 Å². The van der Waals surface area contributed by atoms with Gasteiger partial charge in [0.2, 0.25) is 0 Å². The molecule has 0 fully saturated rings. The molecule has 0 radical (unpaired) electrons. The zero-order valence-corrected chi connectivity index (χ0v) is 14.1. The van der Waals surface area contributed by atoms with E-state index in [0.717, 1.165) is 22.5 Å². The molecule has 2 N–H and O–H groups in total. The lowest BCUT2D eigenvalue weighted by molar-refractivity contribution is -0.388. The fraction of sp³-hybridized carbons (Fsp3) is 0.500. The number of nitro benzene ring substituents is 1. The van der Waals surface area contributed by atoms with Crippen LogP contribution in [0.5, 0.6) is 0 Å². The first kappa shape index (κ1) is 20.7. The predicted octanol–water partition coefficient (Wildman–Crippen LogP) is 1.76. The van der Waals surface area contributed by atoms with Crippen LogP contribution < -0.4 is 5.73 Å². The fourth-order valence-electron chi connectivity index (χ4n) is 1.80. The Morgan fingerprint density at radius 2 is 1.95 bits per heavy atom. The zero-order valence-electron chi connectivity index (χ0n) is 12.4. The number of sulfonamides is 1. The molecule has 126 valence electrons. The Morgan fingerprint density at radius 1 is 1.41 bits per heavy atom. The molecule has 1 rings (SSSR count). The van der Waals surface area contributed by atoms with Gasteiger partial charge in [-0.15, -0.1) is 12.4 Å². The van der Waals surface area contributed by atoms with Gasteiger partial charge in [-0.05, 0) is 18.0 Å². The second-order valence-corrected chi connectivity index (χ2v) is 7.46. The number of rotatable bonds is 6. The van der Waals surface area contributed by atoms with E-state index >= 15 is 0 Å². The summed E-state index contributed by atoms with van der Waals surface area (Å²) in [5.41, 5.74) is 4.22. The molecule has 0 aliphatic heterocycles. The molecule has 10 heteroatoms. The molecule has 0 aliphatic carbocycles. The van der Waals surface area contributed by atoms with E-state index in [-0.39, 0.29) is 25.5 Å². The summed E-state index contributed by atoms with van der Waals surface area (Å²) in [5.74, 6) is -1.15. The van der Waals surface area contributed by atoms with Gasteiger partial charge >= 0.3 is 0 Å². The summed E-state index contributed by atoms with van der Waals surface area (Å²) in [4.78, 5) is 9.08. The maximum atomic E-state index is 13.8. The number of benzene rings is 1. The number of halogens is 2. The maximum absolute atomic E-state index is 13.8. The second-order valence-electron chi connectivity index (χ2n) is 5.47. The largest absolute Gasteiger partial charge is 0.330 e. The molecule has 0 heterocycles. The highest BCUT2D eigenvalue weighted by Crippen LogP contribution is 2.30. The van der Waals surface area contributed by atoms with E-state index in [1.54, 1.807) is 13.8 Å². The Kier molecular flexibility index (Phi) is 6.89. The number of hydrogen-bond donors (Lipinski definition) is 1. The van der Waals surface area contributed by atoms with Crippen LogP contribution in [-0.2, 0) is 10.0 Å². The van der Waals surface area contributed by atoms with Crippen LogP contribution in [0.25, 0.3) is 0 Å². The third-order valence-corrected chi connectivity index (χ3v) is 4.88. The van der Waals surface area contributed by atoms with Crippen molar-refractivity contribution >= 4 is 28.1 Å². The summed E-state index contributed by atoms with van der Waals surface area (Å²) < 4.78 is 39.6. The monoisotopic (exact) mass is 355 g/mol. The lowest BCUT2D eigenvalue weighted by Crippen LogP contribution is -2.40. The number of hydrogen-bond acceptors (Lipinski definition) is 5. The minimum Gasteiger partial charge on any atom is -0.330 e. The Labute approximate surface area is 134 Å². The summed E-state index contributed by atoms with van der Waals surface area (Å²) >= 11 is 0. The normalized spacial score (nSPS) is 12.1. The Bertz CT molecular complexity index is 652. The van der Waals surface area contributed by atoms with Crippen LogP contribution in [0.2, 0.25) is 0 Å². The van der Waals surface area contributed by atoms with Crippen LogP contribution in [-0.4, -0.2) is 37.8 Å². The summed E-state index contributed by atoms with van der Waals surface area (Å²) in [6, 6.07) is 2.93. The van der Waals surface area contributed by atoms with Crippen LogP contribution in [0.3, 0.4) is 0 Å². The molecular weight excluding hydrogens is 337 g/mol. The van der Waals surface area contributed by atoms with E-state index in [0.29, 0.717) is 0 Å². The highest BCUT2D eigenvalue weighted by atomic mass is 35.5. The van der Waals surface area contributed by atoms with Crippen molar-refractivity contribution in [2.45, 2.75) is 18.7 Å². The zero-order chi connectivity index (χ0) is 16.4. The lowest BCUT2D eigenvalue weighted by atomic mass is 9.94. The van der Waals surface area contributed by atoms with Crippen molar-refractivity contribution in [3.8, 4) is 0 Å². The highest BCUT2D eigenvalue weighted by molar-refractivity contribution is 7.89. The van der Waals surface area contributed by atoms with Crippen molar-refractivity contribution < 1.29 is 17.7 Å². The topological polar surface area (TPSA) is 107 Å². The van der Waals surface area contributed by atoms with Crippen LogP contribution >= 0.6 is 12.4 Å². The summed E-state index contributed by atoms with van der Waals surface area (Å²) in [6.07, 6.45) is 0. The van der Waals surface area contributed by atoms with E-state index in [1.165, 1.54) is 7.05 Å². The molecule has 1 aromatic rings. The summed E-state index contributed by atoms with van der Waals surface area (Å²) in [7, 11) is -3.09. The first-order valence-corrected chi connectivity index (χ1v) is 7.56. The molecule has 7 nitrogen and oxygen atoms in total. The molecule has 1 aromatic carbocycles. The van der Waals surface area contributed by atoms with E-state index in [4.69, 9.17) is 5.73 Å². The van der Waals surface area contributed by atoms with E-state index < -0.39 is 36.8 Å². The van der Waals surface area contributed by atoms with Crippen molar-refractivity contribution in [3.05, 3.63) is 34.1 Å². The number of nitro groups is 1. The van der Waals surface area contributed by atoms with Gasteiger partial charge in [-0.2, -0.15) is 0 Å². The molecule has 0 aliphatic rings. The maximum Gasteiger partial charge on any atom is 0.292 e. The van der Waals surface area contributed by atoms with E-state index in [2.05, 4.69) is 0 Å². The lowest BCUT2D eigenvalue weighted by Gasteiger charge is -2.28. The third-order valence-electron chi connectivity index (χ3n) is 3.01. The molecule has 0 unspecified atom stereocenters. The smallest absolute Gasteiger partial charge is 0.292 e. The molecule has 0 amide bonds. The molecule has 0 bridgehead atoms. The van der Waals surface area contributed by atoms with Gasteiger partial charge in [-0.3, -0.25) is 10.1 Å². The van der Waals surface area contributed by atoms with Crippen LogP contribution in [0, 0.1) is 21.3 Å². The Hall–Kier alpha value is -1.29. The first-order chi connectivity index (χ1) is 9.53. The minimum absolute atomic E-state index is 0. The minimum atomic E-state index is -4.33. The molecule has 0 spiro atoms. The van der Waals surface area contributed by atoms with Crippen LogP contribution in [0.15, 0.2) is 23.1 Å². The standard InChI is InChI=1S/C12H18FN3O4S.ClH/c1-12(2,7-14)8-15(3)21(19,20)11-9(13)5-4-6-10(11)16(17)18;/h4-6H,7-8,14H2,1-3H3;1H. The molecule has 0 saturated carbocycles. The number of nitrogens with two attached hydrogens (primary N) is 1. The van der Waals surface area contributed by atoms with Gasteiger partial charge < -0.3 is 5.73 Å². The van der Waals surface area contributed by atoms with Crippen molar-refractivity contribution in [1.82, 2.24) is 4.31 Å². The van der Waals surface area contributed by atoms with Crippen molar-refractivity contribution in [2.75, 3.05) is 20.1 Å². The fourth-order valence-corrected chi connectivity index (χ4v) is 3.36. The third kappa shape index (κ3) is 4.35. The molecule has 0 atom stereocenters. The molecular formula is C12H19ClFN3O4S. The average molecular weight is 356 g/mol. The van der Waals surface area contributed by atoms with E-state index in [1.807, 2.05) is 0 Å². The number of nitrogens with zero attached hydrogens (tertiary/aromatic N) is 2. The summed E-state index contributed by atoms with van der Waals surface area (Å²) in [5, 5.41) is 10.9.